The Morgan fingerprint density at radius 2 is 1.82 bits per heavy atom. The second kappa shape index (κ2) is 7.90. The first-order valence-electron chi connectivity index (χ1n) is 4.33. The van der Waals surface area contributed by atoms with E-state index in [9.17, 15) is 16.8 Å². The molecule has 0 saturated carbocycles. The molecule has 1 aromatic rings. The zero-order valence-electron chi connectivity index (χ0n) is 8.85. The Kier molecular flexibility index (Phi) is 7.30. The van der Waals surface area contributed by atoms with Crippen molar-refractivity contribution >= 4 is 26.6 Å². The molecule has 1 rings (SSSR count). The molecule has 0 atom stereocenters. The van der Waals surface area contributed by atoms with E-state index in [0.717, 1.165) is 0 Å². The molecule has 7 nitrogen and oxygen atoms in total. The molecule has 0 unspecified atom stereocenters. The molecule has 0 radical (unpaired) electrons. The molecule has 0 spiro atoms. The monoisotopic (exact) mass is 281 g/mol. The standard InChI is InChI=1S/C6H5NO2S.C2H6O4S/c8-10(9)7-6-4-2-1-3-5-6;1-2-6-7(3,4)5/h1-5H;2H2,1H3,(H,3,4,5). The third-order valence-electron chi connectivity index (χ3n) is 1.20. The van der Waals surface area contributed by atoms with Gasteiger partial charge in [-0.05, 0) is 19.1 Å². The highest BCUT2D eigenvalue weighted by molar-refractivity contribution is 7.80. The van der Waals surface area contributed by atoms with Crippen LogP contribution in [0.4, 0.5) is 5.69 Å². The van der Waals surface area contributed by atoms with Crippen LogP contribution in [0.3, 0.4) is 0 Å². The van der Waals surface area contributed by atoms with Crippen LogP contribution in [-0.4, -0.2) is 28.0 Å². The van der Waals surface area contributed by atoms with Gasteiger partial charge in [-0.1, -0.05) is 18.2 Å². The number of benzene rings is 1. The van der Waals surface area contributed by atoms with E-state index in [2.05, 4.69) is 8.55 Å². The quantitative estimate of drug-likeness (QED) is 0.834. The maximum atomic E-state index is 10.0. The molecule has 0 aliphatic rings. The third kappa shape index (κ3) is 11.0. The summed E-state index contributed by atoms with van der Waals surface area (Å²) in [7, 11) is -6.52. The minimum atomic E-state index is -4.17. The number of hydrogen-bond acceptors (Lipinski definition) is 6. The predicted octanol–water partition coefficient (Wildman–Crippen LogP) is 1.21. The van der Waals surface area contributed by atoms with Gasteiger partial charge in [0.1, 0.15) is 0 Å². The lowest BCUT2D eigenvalue weighted by Gasteiger charge is -1.88. The summed E-state index contributed by atoms with van der Waals surface area (Å²) >= 11 is 0. The molecule has 1 N–H and O–H groups in total. The fourth-order valence-electron chi connectivity index (χ4n) is 0.724. The van der Waals surface area contributed by atoms with Crippen LogP contribution in [0.5, 0.6) is 0 Å². The third-order valence-corrected chi connectivity index (χ3v) is 2.10. The van der Waals surface area contributed by atoms with Crippen molar-refractivity contribution in [2.45, 2.75) is 6.92 Å². The van der Waals surface area contributed by atoms with Crippen LogP contribution in [0.1, 0.15) is 6.92 Å². The van der Waals surface area contributed by atoms with Crippen LogP contribution >= 0.6 is 0 Å². The van der Waals surface area contributed by atoms with Gasteiger partial charge in [0.15, 0.2) is 0 Å². The Hall–Kier alpha value is -1.29. The summed E-state index contributed by atoms with van der Waals surface area (Å²) in [4.78, 5) is 0. The molecule has 0 aromatic heterocycles. The average molecular weight is 281 g/mol. The Labute approximate surface area is 101 Å². The first-order chi connectivity index (χ1) is 7.85. The van der Waals surface area contributed by atoms with Gasteiger partial charge in [-0.3, -0.25) is 4.55 Å². The highest BCUT2D eigenvalue weighted by Gasteiger charge is 1.98. The van der Waals surface area contributed by atoms with Gasteiger partial charge in [-0.25, -0.2) is 4.18 Å². The van der Waals surface area contributed by atoms with Gasteiger partial charge in [0.2, 0.25) is 0 Å². The summed E-state index contributed by atoms with van der Waals surface area (Å²) in [5, 5.41) is 0. The van der Waals surface area contributed by atoms with Gasteiger partial charge in [0, 0.05) is 0 Å². The molecule has 0 heterocycles. The van der Waals surface area contributed by atoms with Crippen LogP contribution in [0.25, 0.3) is 0 Å². The fourth-order valence-corrected chi connectivity index (χ4v) is 1.32. The van der Waals surface area contributed by atoms with Gasteiger partial charge in [0.25, 0.3) is 0 Å². The van der Waals surface area contributed by atoms with Crippen molar-refractivity contribution in [2.75, 3.05) is 6.61 Å². The van der Waals surface area contributed by atoms with E-state index in [-0.39, 0.29) is 6.61 Å². The fraction of sp³-hybridized carbons (Fsp3) is 0.250. The molecular weight excluding hydrogens is 270 g/mol. The van der Waals surface area contributed by atoms with Gasteiger partial charge in [-0.2, -0.15) is 16.8 Å². The molecule has 0 fully saturated rings. The Balaban J connectivity index is 0.000000325. The second-order valence-electron chi connectivity index (χ2n) is 2.48. The van der Waals surface area contributed by atoms with Gasteiger partial charge >= 0.3 is 20.9 Å². The Morgan fingerprint density at radius 3 is 2.12 bits per heavy atom. The van der Waals surface area contributed by atoms with E-state index >= 15 is 0 Å². The van der Waals surface area contributed by atoms with Crippen molar-refractivity contribution in [2.24, 2.45) is 4.36 Å². The van der Waals surface area contributed by atoms with Gasteiger partial charge in [0.05, 0.1) is 12.3 Å². The van der Waals surface area contributed by atoms with E-state index in [0.29, 0.717) is 5.69 Å². The van der Waals surface area contributed by atoms with Crippen molar-refractivity contribution < 1.29 is 25.6 Å². The molecular formula is C8H11NO6S2. The summed E-state index contributed by atoms with van der Waals surface area (Å²) in [6, 6.07) is 8.50. The topological polar surface area (TPSA) is 110 Å². The lowest BCUT2D eigenvalue weighted by atomic mass is 10.3. The smallest absolute Gasteiger partial charge is 0.264 e. The van der Waals surface area contributed by atoms with Crippen LogP contribution in [0.15, 0.2) is 34.7 Å². The van der Waals surface area contributed by atoms with Crippen molar-refractivity contribution in [1.82, 2.24) is 0 Å². The maximum absolute atomic E-state index is 10.0. The van der Waals surface area contributed by atoms with Crippen LogP contribution in [0.2, 0.25) is 0 Å². The normalized spacial score (nSPS) is 10.0. The Morgan fingerprint density at radius 1 is 1.29 bits per heavy atom. The largest absolute Gasteiger partial charge is 0.397 e. The average Bonchev–Trinajstić information content (AvgIpc) is 2.17. The number of hydrogen-bond donors (Lipinski definition) is 1. The predicted molar refractivity (Wildman–Crippen MR) is 60.6 cm³/mol. The highest BCUT2D eigenvalue weighted by Crippen LogP contribution is 2.07. The van der Waals surface area contributed by atoms with Crippen molar-refractivity contribution in [1.29, 1.82) is 0 Å². The summed E-state index contributed by atoms with van der Waals surface area (Å²) in [6.07, 6.45) is 0. The van der Waals surface area contributed by atoms with Crippen molar-refractivity contribution in [3.05, 3.63) is 30.3 Å². The summed E-state index contributed by atoms with van der Waals surface area (Å²) in [5.74, 6) is 0. The minimum absolute atomic E-state index is 0.0289. The minimum Gasteiger partial charge on any atom is -0.264 e. The maximum Gasteiger partial charge on any atom is 0.397 e. The Bertz CT molecular complexity index is 541. The summed E-state index contributed by atoms with van der Waals surface area (Å²) in [5.41, 5.74) is 0.454. The van der Waals surface area contributed by atoms with E-state index in [1.807, 2.05) is 0 Å². The molecule has 0 aliphatic carbocycles. The molecule has 17 heavy (non-hydrogen) atoms. The lowest BCUT2D eigenvalue weighted by Crippen LogP contribution is -2.01. The second-order valence-corrected chi connectivity index (χ2v) is 4.19. The molecule has 0 saturated heterocycles. The SMILES string of the molecule is CCOS(=O)(=O)O.O=S(=O)=Nc1ccccc1. The first kappa shape index (κ1) is 15.7. The number of nitrogens with zero attached hydrogens (tertiary/aromatic N) is 1. The van der Waals surface area contributed by atoms with Crippen LogP contribution in [-0.2, 0) is 25.1 Å². The summed E-state index contributed by atoms with van der Waals surface area (Å²) in [6.45, 7) is 1.44. The molecule has 0 bridgehead atoms. The number of rotatable bonds is 3. The van der Waals surface area contributed by atoms with E-state index in [1.54, 1.807) is 30.3 Å². The van der Waals surface area contributed by atoms with Crippen LogP contribution in [0, 0.1) is 0 Å². The molecule has 1 aromatic carbocycles. The molecule has 9 heteroatoms. The van der Waals surface area contributed by atoms with E-state index in [1.165, 1.54) is 6.92 Å². The van der Waals surface area contributed by atoms with Crippen molar-refractivity contribution in [3.8, 4) is 0 Å². The zero-order valence-corrected chi connectivity index (χ0v) is 10.5. The van der Waals surface area contributed by atoms with E-state index in [4.69, 9.17) is 4.55 Å². The zero-order chi connectivity index (χ0) is 13.3. The van der Waals surface area contributed by atoms with E-state index < -0.39 is 20.9 Å². The summed E-state index contributed by atoms with van der Waals surface area (Å²) < 4.78 is 53.9. The molecule has 0 aliphatic heterocycles. The van der Waals surface area contributed by atoms with Crippen molar-refractivity contribution in [3.63, 3.8) is 0 Å². The molecule has 96 valence electrons. The van der Waals surface area contributed by atoms with Gasteiger partial charge in [-0.15, -0.1) is 4.36 Å². The first-order valence-corrected chi connectivity index (χ1v) is 6.73. The van der Waals surface area contributed by atoms with Crippen LogP contribution < -0.4 is 0 Å². The van der Waals surface area contributed by atoms with Gasteiger partial charge < -0.3 is 0 Å². The highest BCUT2D eigenvalue weighted by atomic mass is 32.3. The molecule has 0 amide bonds. The lowest BCUT2D eigenvalue weighted by molar-refractivity contribution is 0.283.